The zero-order valence-corrected chi connectivity index (χ0v) is 21.0. The van der Waals surface area contributed by atoms with Crippen molar-refractivity contribution in [1.82, 2.24) is 14.8 Å². The van der Waals surface area contributed by atoms with E-state index in [0.29, 0.717) is 27.8 Å². The second kappa shape index (κ2) is 10.5. The molecule has 3 aromatic carbocycles. The maximum Gasteiger partial charge on any atom is 0.301 e. The van der Waals surface area contributed by atoms with E-state index in [1.807, 2.05) is 60.0 Å². The quantitative estimate of drug-likeness (QED) is 0.143. The Kier molecular flexibility index (Phi) is 6.78. The van der Waals surface area contributed by atoms with Gasteiger partial charge in [-0.25, -0.2) is 4.98 Å². The lowest BCUT2D eigenvalue weighted by Gasteiger charge is -2.01. The minimum absolute atomic E-state index is 0.0116. The molecule has 0 unspecified atom stereocenters. The lowest BCUT2D eigenvalue weighted by Crippen LogP contribution is -2.13. The van der Waals surface area contributed by atoms with E-state index in [2.05, 4.69) is 20.3 Å². The van der Waals surface area contributed by atoms with Gasteiger partial charge in [-0.2, -0.15) is 4.68 Å². The molecule has 5 aromatic rings. The summed E-state index contributed by atoms with van der Waals surface area (Å²) < 4.78 is 11.6. The Morgan fingerprint density at radius 1 is 0.947 bits per heavy atom. The van der Waals surface area contributed by atoms with Crippen molar-refractivity contribution in [2.24, 2.45) is 10.2 Å². The fraction of sp³-hybridized carbons (Fsp3) is 0.0769. The van der Waals surface area contributed by atoms with E-state index in [4.69, 9.17) is 9.47 Å². The van der Waals surface area contributed by atoms with Gasteiger partial charge in [0.1, 0.15) is 11.5 Å². The topological polar surface area (TPSA) is 137 Å². The number of hydrogen-bond acceptors (Lipinski definition) is 9. The van der Waals surface area contributed by atoms with Gasteiger partial charge in [0.25, 0.3) is 5.69 Å². The van der Waals surface area contributed by atoms with Gasteiger partial charge in [-0.05, 0) is 36.4 Å². The molecule has 190 valence electrons. The summed E-state index contributed by atoms with van der Waals surface area (Å²) in [5.41, 5.74) is 1.81. The normalized spacial score (nSPS) is 11.1. The molecule has 0 aliphatic heterocycles. The van der Waals surface area contributed by atoms with E-state index in [1.165, 1.54) is 41.3 Å². The molecule has 0 radical (unpaired) electrons. The molecule has 12 heteroatoms. The molecule has 0 spiro atoms. The number of nitrogens with zero attached hydrogens (tertiary/aromatic N) is 5. The van der Waals surface area contributed by atoms with Crippen LogP contribution >= 0.6 is 11.3 Å². The maximum absolute atomic E-state index is 13.5. The number of nitrogens with one attached hydrogen (secondary N) is 1. The van der Waals surface area contributed by atoms with Crippen LogP contribution in [0.2, 0.25) is 0 Å². The van der Waals surface area contributed by atoms with E-state index in [0.717, 1.165) is 11.3 Å². The number of azo groups is 1. The highest BCUT2D eigenvalue weighted by atomic mass is 32.1. The fourth-order valence-corrected chi connectivity index (χ4v) is 4.48. The van der Waals surface area contributed by atoms with Gasteiger partial charge >= 0.3 is 5.56 Å². The van der Waals surface area contributed by atoms with E-state index in [-0.39, 0.29) is 17.1 Å². The number of rotatable bonds is 8. The van der Waals surface area contributed by atoms with E-state index in [9.17, 15) is 14.9 Å². The molecule has 0 bridgehead atoms. The molecule has 0 aliphatic rings. The molecule has 1 N–H and O–H groups in total. The van der Waals surface area contributed by atoms with Crippen LogP contribution in [0.4, 0.5) is 17.1 Å². The van der Waals surface area contributed by atoms with E-state index >= 15 is 0 Å². The number of benzene rings is 3. The average Bonchev–Trinajstić information content (AvgIpc) is 3.57. The first-order valence-corrected chi connectivity index (χ1v) is 12.1. The van der Waals surface area contributed by atoms with Crippen molar-refractivity contribution in [2.75, 3.05) is 14.2 Å². The number of H-pyrrole nitrogens is 1. The number of aromatic nitrogens is 3. The summed E-state index contributed by atoms with van der Waals surface area (Å²) in [6.45, 7) is 0. The first-order chi connectivity index (χ1) is 18.5. The molecule has 0 amide bonds. The summed E-state index contributed by atoms with van der Waals surface area (Å²) in [7, 11) is 3.01. The molecule has 38 heavy (non-hydrogen) atoms. The summed E-state index contributed by atoms with van der Waals surface area (Å²) >= 11 is 1.28. The van der Waals surface area contributed by atoms with Crippen molar-refractivity contribution in [3.63, 3.8) is 0 Å². The van der Waals surface area contributed by atoms with Crippen molar-refractivity contribution < 1.29 is 14.4 Å². The van der Waals surface area contributed by atoms with Crippen LogP contribution in [0.1, 0.15) is 0 Å². The van der Waals surface area contributed by atoms with E-state index in [1.54, 1.807) is 7.11 Å². The Hall–Kier alpha value is -5.10. The summed E-state index contributed by atoms with van der Waals surface area (Å²) in [6.07, 6.45) is 0. The van der Waals surface area contributed by atoms with Crippen LogP contribution < -0.4 is 15.0 Å². The number of aromatic amines is 1. The lowest BCUT2D eigenvalue weighted by atomic mass is 10.1. The Bertz CT molecular complexity index is 1690. The molecule has 0 saturated heterocycles. The number of methoxy groups -OCH3 is 2. The molecule has 0 atom stereocenters. The average molecular weight is 529 g/mol. The van der Waals surface area contributed by atoms with Crippen LogP contribution in [0.25, 0.3) is 27.6 Å². The zero-order valence-electron chi connectivity index (χ0n) is 20.2. The van der Waals surface area contributed by atoms with Crippen LogP contribution in [0.5, 0.6) is 11.5 Å². The number of nitro groups is 1. The van der Waals surface area contributed by atoms with E-state index < -0.39 is 10.5 Å². The Morgan fingerprint density at radius 2 is 1.66 bits per heavy atom. The molecular formula is C26H20N6O5S. The van der Waals surface area contributed by atoms with Crippen LogP contribution in [0.15, 0.2) is 93.2 Å². The van der Waals surface area contributed by atoms with Crippen molar-refractivity contribution >= 4 is 28.4 Å². The van der Waals surface area contributed by atoms with Crippen LogP contribution in [0, 0.1) is 10.1 Å². The third-order valence-corrected chi connectivity index (χ3v) is 6.46. The highest BCUT2D eigenvalue weighted by Crippen LogP contribution is 2.34. The van der Waals surface area contributed by atoms with Crippen molar-refractivity contribution in [3.05, 3.63) is 98.6 Å². The molecule has 0 saturated carbocycles. The number of nitro benzene ring substituents is 1. The number of ether oxygens (including phenoxy) is 2. The summed E-state index contributed by atoms with van der Waals surface area (Å²) in [6, 6.07) is 20.7. The molecule has 11 nitrogen and oxygen atoms in total. The molecule has 0 fully saturated rings. The van der Waals surface area contributed by atoms with Crippen LogP contribution in [-0.4, -0.2) is 33.9 Å². The predicted octanol–water partition coefficient (Wildman–Crippen LogP) is 6.30. The van der Waals surface area contributed by atoms with Gasteiger partial charge in [0.2, 0.25) is 5.13 Å². The molecule has 2 aromatic heterocycles. The predicted molar refractivity (Wildman–Crippen MR) is 143 cm³/mol. The monoisotopic (exact) mass is 528 g/mol. The second-order valence-electron chi connectivity index (χ2n) is 7.90. The van der Waals surface area contributed by atoms with Gasteiger partial charge in [0, 0.05) is 16.5 Å². The summed E-state index contributed by atoms with van der Waals surface area (Å²) in [5, 5.41) is 25.1. The molecular weight excluding hydrogens is 508 g/mol. The standard InChI is InChI=1S/C26H20N6O5S/c1-36-18-10-8-16(9-11-18)21-15-38-26(27-21)31-25(33)24(23(30-31)17-6-4-3-5-7-17)29-28-20-13-12-19(37-2)14-22(20)32(34)35/h3-15,30H,1-2H3. The molecule has 2 heterocycles. The smallest absolute Gasteiger partial charge is 0.301 e. The summed E-state index contributed by atoms with van der Waals surface area (Å²) in [4.78, 5) is 29.1. The molecule has 0 aliphatic carbocycles. The lowest BCUT2D eigenvalue weighted by molar-refractivity contribution is -0.384. The van der Waals surface area contributed by atoms with Crippen LogP contribution in [-0.2, 0) is 0 Å². The maximum atomic E-state index is 13.5. The minimum atomic E-state index is -0.583. The fourth-order valence-electron chi connectivity index (χ4n) is 3.69. The van der Waals surface area contributed by atoms with Gasteiger partial charge in [-0.1, -0.05) is 30.3 Å². The van der Waals surface area contributed by atoms with Gasteiger partial charge in [-0.3, -0.25) is 20.0 Å². The number of thiazole rings is 1. The second-order valence-corrected chi connectivity index (χ2v) is 8.73. The minimum Gasteiger partial charge on any atom is -0.497 e. The highest BCUT2D eigenvalue weighted by molar-refractivity contribution is 7.12. The first-order valence-electron chi connectivity index (χ1n) is 11.2. The van der Waals surface area contributed by atoms with Gasteiger partial charge in [0.05, 0.1) is 36.6 Å². The Balaban J connectivity index is 1.58. The Labute approximate surface area is 219 Å². The van der Waals surface area contributed by atoms with Gasteiger partial charge in [0.15, 0.2) is 11.4 Å². The van der Waals surface area contributed by atoms with Gasteiger partial charge in [-0.15, -0.1) is 21.6 Å². The van der Waals surface area contributed by atoms with Crippen molar-refractivity contribution in [3.8, 4) is 39.1 Å². The third kappa shape index (κ3) is 4.80. The highest BCUT2D eigenvalue weighted by Gasteiger charge is 2.20. The number of hydrogen-bond donors (Lipinski definition) is 1. The first kappa shape index (κ1) is 24.6. The Morgan fingerprint density at radius 3 is 2.34 bits per heavy atom. The SMILES string of the molecule is COc1ccc(-c2csc(-n3[nH]c(-c4ccccc4)c(N=Nc4ccc(OC)cc4[N+](=O)[O-])c3=O)n2)cc1. The van der Waals surface area contributed by atoms with Crippen LogP contribution in [0.3, 0.4) is 0 Å². The zero-order chi connectivity index (χ0) is 26.6. The van der Waals surface area contributed by atoms with Crippen molar-refractivity contribution in [1.29, 1.82) is 0 Å². The largest absolute Gasteiger partial charge is 0.497 e. The molecule has 5 rings (SSSR count). The van der Waals surface area contributed by atoms with Crippen molar-refractivity contribution in [2.45, 2.75) is 0 Å². The third-order valence-electron chi connectivity index (χ3n) is 5.63. The van der Waals surface area contributed by atoms with Gasteiger partial charge < -0.3 is 9.47 Å². The summed E-state index contributed by atoms with van der Waals surface area (Å²) in [5.74, 6) is 1.03.